The minimum atomic E-state index is -1.03. The van der Waals surface area contributed by atoms with Gasteiger partial charge in [-0.2, -0.15) is 0 Å². The molecule has 0 bridgehead atoms. The zero-order chi connectivity index (χ0) is 17.6. The first kappa shape index (κ1) is 16.6. The van der Waals surface area contributed by atoms with E-state index in [9.17, 15) is 9.18 Å². The van der Waals surface area contributed by atoms with Gasteiger partial charge in [0.15, 0.2) is 0 Å². The third-order valence-electron chi connectivity index (χ3n) is 4.02. The molecule has 3 rings (SSSR count). The molecule has 1 heterocycles. The topological polar surface area (TPSA) is 58.7 Å². The van der Waals surface area contributed by atoms with Crippen molar-refractivity contribution in [3.05, 3.63) is 57.8 Å². The van der Waals surface area contributed by atoms with E-state index >= 15 is 0 Å². The number of carbonyl (C=O) groups excluding carboxylic acids is 1. The van der Waals surface area contributed by atoms with Crippen molar-refractivity contribution >= 4 is 38.9 Å². The minimum Gasteiger partial charge on any atom is -0.399 e. The smallest absolute Gasteiger partial charge is 0.254 e. The molecule has 0 aliphatic carbocycles. The molecule has 124 valence electrons. The number of hydrogen-bond donors (Lipinski definition) is 1. The first-order valence-corrected chi connectivity index (χ1v) is 8.24. The summed E-state index contributed by atoms with van der Waals surface area (Å²) in [7, 11) is 1.68. The maximum atomic E-state index is 14.4. The van der Waals surface area contributed by atoms with Crippen LogP contribution in [0, 0.1) is 5.82 Å². The molecule has 0 aromatic heterocycles. The van der Waals surface area contributed by atoms with E-state index < -0.39 is 11.4 Å². The van der Waals surface area contributed by atoms with Gasteiger partial charge in [0.2, 0.25) is 0 Å². The monoisotopic (exact) mass is 389 g/mol. The molecule has 24 heavy (non-hydrogen) atoms. The zero-order valence-corrected chi connectivity index (χ0v) is 15.2. The van der Waals surface area contributed by atoms with E-state index in [1.165, 1.54) is 11.0 Å². The zero-order valence-electron chi connectivity index (χ0n) is 13.6. The van der Waals surface area contributed by atoms with Crippen LogP contribution in [0.15, 0.2) is 45.9 Å². The van der Waals surface area contributed by atoms with E-state index in [-0.39, 0.29) is 5.91 Å². The van der Waals surface area contributed by atoms with Crippen LogP contribution >= 0.6 is 15.9 Å². The van der Waals surface area contributed by atoms with Gasteiger partial charge >= 0.3 is 0 Å². The Morgan fingerprint density at radius 1 is 1.21 bits per heavy atom. The molecule has 0 spiro atoms. The van der Waals surface area contributed by atoms with Crippen LogP contribution in [0.1, 0.15) is 25.0 Å². The standard InChI is InChI=1S/C18H17BrFN3O/c1-18(2)17(24)23(3)16-12(8-10(21)9-13(16)19)15(22-18)11-6-4-5-7-14(11)20/h4-9H,21H2,1-3H3. The Hall–Kier alpha value is -2.21. The van der Waals surface area contributed by atoms with E-state index in [1.54, 1.807) is 51.2 Å². The molecule has 0 radical (unpaired) electrons. The van der Waals surface area contributed by atoms with Crippen LogP contribution in [0.4, 0.5) is 15.8 Å². The molecule has 1 aliphatic heterocycles. The predicted octanol–water partition coefficient (Wildman–Crippen LogP) is 3.76. The Bertz CT molecular complexity index is 877. The largest absolute Gasteiger partial charge is 0.399 e. The number of nitrogen functional groups attached to an aromatic ring is 1. The van der Waals surface area contributed by atoms with Crippen LogP contribution in [-0.4, -0.2) is 24.2 Å². The Labute approximate surface area is 148 Å². The summed E-state index contributed by atoms with van der Waals surface area (Å²) in [6.45, 7) is 3.44. The molecule has 0 atom stereocenters. The van der Waals surface area contributed by atoms with Crippen LogP contribution in [0.3, 0.4) is 0 Å². The fourth-order valence-electron chi connectivity index (χ4n) is 2.90. The van der Waals surface area contributed by atoms with Crippen LogP contribution in [0.5, 0.6) is 0 Å². The first-order valence-electron chi connectivity index (χ1n) is 7.44. The summed E-state index contributed by atoms with van der Waals surface area (Å²) in [5.41, 5.74) is 7.46. The van der Waals surface area contributed by atoms with Crippen molar-refractivity contribution in [2.75, 3.05) is 17.7 Å². The highest BCUT2D eigenvalue weighted by molar-refractivity contribution is 9.10. The lowest BCUT2D eigenvalue weighted by molar-refractivity contribution is -0.122. The molecule has 2 aromatic rings. The lowest BCUT2D eigenvalue weighted by Crippen LogP contribution is -2.41. The SMILES string of the molecule is CN1C(=O)C(C)(C)N=C(c2ccccc2F)c2cc(N)cc(Br)c21. The fraction of sp³-hybridized carbons (Fsp3) is 0.222. The number of aliphatic imine (C=N–C) groups is 1. The number of nitrogens with zero attached hydrogens (tertiary/aromatic N) is 2. The molecule has 6 heteroatoms. The number of fused-ring (bicyclic) bond motifs is 1. The highest BCUT2D eigenvalue weighted by Crippen LogP contribution is 2.38. The highest BCUT2D eigenvalue weighted by atomic mass is 79.9. The molecular weight excluding hydrogens is 373 g/mol. The highest BCUT2D eigenvalue weighted by Gasteiger charge is 2.37. The van der Waals surface area contributed by atoms with Gasteiger partial charge in [-0.1, -0.05) is 12.1 Å². The van der Waals surface area contributed by atoms with Crippen molar-refractivity contribution in [3.63, 3.8) is 0 Å². The molecule has 0 fully saturated rings. The number of rotatable bonds is 1. The van der Waals surface area contributed by atoms with Gasteiger partial charge < -0.3 is 10.6 Å². The van der Waals surface area contributed by atoms with Crippen molar-refractivity contribution < 1.29 is 9.18 Å². The lowest BCUT2D eigenvalue weighted by atomic mass is 9.99. The van der Waals surface area contributed by atoms with Crippen molar-refractivity contribution in [2.24, 2.45) is 4.99 Å². The minimum absolute atomic E-state index is 0.180. The average Bonchev–Trinajstić information content (AvgIpc) is 2.57. The van der Waals surface area contributed by atoms with Gasteiger partial charge in [-0.25, -0.2) is 4.39 Å². The number of carbonyl (C=O) groups is 1. The molecule has 0 saturated heterocycles. The normalized spacial score (nSPS) is 16.5. The Kier molecular flexibility index (Phi) is 3.95. The maximum Gasteiger partial charge on any atom is 0.254 e. The van der Waals surface area contributed by atoms with Gasteiger partial charge in [-0.05, 0) is 54.0 Å². The number of likely N-dealkylation sites (N-methyl/N-ethyl adjacent to an activating group) is 1. The van der Waals surface area contributed by atoms with Crippen LogP contribution in [-0.2, 0) is 4.79 Å². The lowest BCUT2D eigenvalue weighted by Gasteiger charge is -2.25. The maximum absolute atomic E-state index is 14.4. The molecular formula is C18H17BrFN3O. The summed E-state index contributed by atoms with van der Waals surface area (Å²) in [5.74, 6) is -0.575. The van der Waals surface area contributed by atoms with Gasteiger partial charge in [-0.15, -0.1) is 0 Å². The van der Waals surface area contributed by atoms with Crippen molar-refractivity contribution in [3.8, 4) is 0 Å². The average molecular weight is 390 g/mol. The summed E-state index contributed by atoms with van der Waals surface area (Å²) in [6, 6.07) is 9.83. The van der Waals surface area contributed by atoms with E-state index in [0.717, 1.165) is 0 Å². The molecule has 0 unspecified atom stereocenters. The second-order valence-corrected chi connectivity index (χ2v) is 7.12. The third-order valence-corrected chi connectivity index (χ3v) is 4.63. The Balaban J connectivity index is 2.41. The van der Waals surface area contributed by atoms with E-state index in [4.69, 9.17) is 5.73 Å². The summed E-state index contributed by atoms with van der Waals surface area (Å²) in [4.78, 5) is 18.9. The number of halogens is 2. The quantitative estimate of drug-likeness (QED) is 0.754. The van der Waals surface area contributed by atoms with Gasteiger partial charge in [0.05, 0.1) is 11.4 Å². The third kappa shape index (κ3) is 2.60. The molecule has 1 aliphatic rings. The number of anilines is 2. The van der Waals surface area contributed by atoms with Crippen LogP contribution in [0.2, 0.25) is 0 Å². The number of nitrogens with two attached hydrogens (primary N) is 1. The Morgan fingerprint density at radius 2 is 1.88 bits per heavy atom. The number of benzene rings is 2. The molecule has 4 nitrogen and oxygen atoms in total. The molecule has 0 saturated carbocycles. The summed E-state index contributed by atoms with van der Waals surface area (Å²) < 4.78 is 15.1. The van der Waals surface area contributed by atoms with Crippen molar-refractivity contribution in [1.29, 1.82) is 0 Å². The van der Waals surface area contributed by atoms with Gasteiger partial charge in [0.1, 0.15) is 11.4 Å². The molecule has 1 amide bonds. The van der Waals surface area contributed by atoms with Gasteiger partial charge in [-0.3, -0.25) is 9.79 Å². The Morgan fingerprint density at radius 3 is 2.54 bits per heavy atom. The summed E-state index contributed by atoms with van der Waals surface area (Å²) in [5, 5.41) is 0. The molecule has 2 N–H and O–H groups in total. The van der Waals surface area contributed by atoms with Crippen molar-refractivity contribution in [1.82, 2.24) is 0 Å². The van der Waals surface area contributed by atoms with E-state index in [2.05, 4.69) is 20.9 Å². The summed E-state index contributed by atoms with van der Waals surface area (Å²) >= 11 is 3.47. The van der Waals surface area contributed by atoms with Crippen LogP contribution in [0.25, 0.3) is 0 Å². The number of hydrogen-bond acceptors (Lipinski definition) is 3. The summed E-state index contributed by atoms with van der Waals surface area (Å²) in [6.07, 6.45) is 0. The fourth-order valence-corrected chi connectivity index (χ4v) is 3.64. The van der Waals surface area contributed by atoms with Crippen molar-refractivity contribution in [2.45, 2.75) is 19.4 Å². The van der Waals surface area contributed by atoms with Gasteiger partial charge in [0.25, 0.3) is 5.91 Å². The van der Waals surface area contributed by atoms with E-state index in [1.807, 2.05) is 0 Å². The number of amides is 1. The molecule has 2 aromatic carbocycles. The van der Waals surface area contributed by atoms with Crippen LogP contribution < -0.4 is 10.6 Å². The van der Waals surface area contributed by atoms with E-state index in [0.29, 0.717) is 32.7 Å². The first-order chi connectivity index (χ1) is 11.2. The number of benzodiazepines with no additional fused rings is 1. The second kappa shape index (κ2) is 5.70. The predicted molar refractivity (Wildman–Crippen MR) is 98.1 cm³/mol. The second-order valence-electron chi connectivity index (χ2n) is 6.26. The van der Waals surface area contributed by atoms with Gasteiger partial charge in [0, 0.05) is 28.3 Å².